The predicted octanol–water partition coefficient (Wildman–Crippen LogP) is 4.08. The Balaban J connectivity index is 1.52. The fourth-order valence-corrected chi connectivity index (χ4v) is 5.23. The third-order valence-corrected chi connectivity index (χ3v) is 7.21. The lowest BCUT2D eigenvalue weighted by Crippen LogP contribution is -2.44. The quantitative estimate of drug-likeness (QED) is 0.448. The largest absolute Gasteiger partial charge is 0.377 e. The van der Waals surface area contributed by atoms with E-state index in [9.17, 15) is 4.79 Å². The van der Waals surface area contributed by atoms with Crippen LogP contribution in [0.15, 0.2) is 36.7 Å². The highest BCUT2D eigenvalue weighted by molar-refractivity contribution is 5.98. The molecule has 2 atom stereocenters. The van der Waals surface area contributed by atoms with E-state index < -0.39 is 11.6 Å². The summed E-state index contributed by atoms with van der Waals surface area (Å²) in [4.78, 5) is 21.1. The zero-order valence-corrected chi connectivity index (χ0v) is 20.6. The Labute approximate surface area is 212 Å². The van der Waals surface area contributed by atoms with E-state index in [0.29, 0.717) is 54.5 Å². The molecule has 2 saturated heterocycles. The molecular formula is C26H27F2N7O2. The van der Waals surface area contributed by atoms with Gasteiger partial charge < -0.3 is 14.5 Å². The maximum Gasteiger partial charge on any atom is 0.229 e. The minimum absolute atomic E-state index is 0.0254. The molecule has 2 aliphatic rings. The van der Waals surface area contributed by atoms with Crippen LogP contribution >= 0.6 is 0 Å². The van der Waals surface area contributed by atoms with Crippen LogP contribution in [0, 0.1) is 17.6 Å². The highest BCUT2D eigenvalue weighted by atomic mass is 19.1. The second-order valence-electron chi connectivity index (χ2n) is 9.69. The van der Waals surface area contributed by atoms with Gasteiger partial charge in [-0.3, -0.25) is 9.89 Å². The first-order valence-corrected chi connectivity index (χ1v) is 12.5. The summed E-state index contributed by atoms with van der Waals surface area (Å²) in [5.41, 5.74) is 0.814. The topological polar surface area (TPSA) is 92.2 Å². The average Bonchev–Trinajstić information content (AvgIpc) is 3.55. The van der Waals surface area contributed by atoms with Crippen molar-refractivity contribution in [3.05, 3.63) is 48.3 Å². The van der Waals surface area contributed by atoms with Crippen LogP contribution in [0.4, 0.5) is 20.3 Å². The van der Waals surface area contributed by atoms with Crippen molar-refractivity contribution < 1.29 is 18.3 Å². The highest BCUT2D eigenvalue weighted by Crippen LogP contribution is 2.38. The summed E-state index contributed by atoms with van der Waals surface area (Å²) in [5, 5.41) is 11.9. The number of carbonyl (C=O) groups is 1. The molecule has 1 amide bonds. The Bertz CT molecular complexity index is 1450. The molecule has 192 valence electrons. The van der Waals surface area contributed by atoms with Crippen LogP contribution in [0.2, 0.25) is 0 Å². The fraction of sp³-hybridized carbons (Fsp3) is 0.385. The third kappa shape index (κ3) is 4.03. The summed E-state index contributed by atoms with van der Waals surface area (Å²) in [6.07, 6.45) is 4.77. The lowest BCUT2D eigenvalue weighted by molar-refractivity contribution is -0.123. The van der Waals surface area contributed by atoms with Crippen molar-refractivity contribution in [1.82, 2.24) is 25.0 Å². The van der Waals surface area contributed by atoms with Crippen LogP contribution in [0.1, 0.15) is 26.7 Å². The van der Waals surface area contributed by atoms with Gasteiger partial charge in [0.1, 0.15) is 17.5 Å². The van der Waals surface area contributed by atoms with Crippen LogP contribution in [0.5, 0.6) is 0 Å². The Kier molecular flexibility index (Phi) is 5.86. The third-order valence-electron chi connectivity index (χ3n) is 7.21. The number of piperidine rings is 1. The Morgan fingerprint density at radius 2 is 1.92 bits per heavy atom. The molecule has 2 fully saturated rings. The summed E-state index contributed by atoms with van der Waals surface area (Å²) in [6, 6.07) is 5.96. The van der Waals surface area contributed by atoms with Gasteiger partial charge in [-0.2, -0.15) is 14.9 Å². The Hall–Kier alpha value is -3.86. The summed E-state index contributed by atoms with van der Waals surface area (Å²) < 4.78 is 38.6. The predicted molar refractivity (Wildman–Crippen MR) is 135 cm³/mol. The molecule has 6 rings (SSSR count). The Morgan fingerprint density at radius 3 is 2.65 bits per heavy atom. The minimum Gasteiger partial charge on any atom is -0.377 e. The number of H-pyrrole nitrogens is 1. The molecular weight excluding hydrogens is 480 g/mol. The molecule has 1 aromatic carbocycles. The summed E-state index contributed by atoms with van der Waals surface area (Å²) in [6.45, 7) is 5.94. The highest BCUT2D eigenvalue weighted by Gasteiger charge is 2.29. The number of carbonyl (C=O) groups excluding carboxylic acids is 1. The first-order chi connectivity index (χ1) is 17.9. The van der Waals surface area contributed by atoms with Gasteiger partial charge in [-0.15, -0.1) is 0 Å². The van der Waals surface area contributed by atoms with Crippen molar-refractivity contribution in [1.29, 1.82) is 0 Å². The number of benzene rings is 1. The van der Waals surface area contributed by atoms with Crippen LogP contribution in [0.3, 0.4) is 0 Å². The molecule has 0 spiro atoms. The van der Waals surface area contributed by atoms with Gasteiger partial charge in [-0.1, -0.05) is 6.92 Å². The van der Waals surface area contributed by atoms with E-state index in [2.05, 4.69) is 20.2 Å². The average molecular weight is 508 g/mol. The van der Waals surface area contributed by atoms with Crippen LogP contribution < -0.4 is 9.80 Å². The standard InChI is InChI=1S/C26H27F2N7O2/c1-15-4-3-7-34(26(15)36)17-10-20(27)24(21(28)11-17)18-12-23(33-8-9-37-14-16(33)2)31-25-19(18)13-30-35(25)22-5-6-29-32-22/h5-6,10-13,15-16H,3-4,7-9,14H2,1-2H3,(H,29,32)/t15?,16-/m1/s1. The maximum absolute atomic E-state index is 15.8. The maximum atomic E-state index is 15.8. The number of ether oxygens (including phenoxy) is 1. The molecule has 0 aliphatic carbocycles. The van der Waals surface area contributed by atoms with Crippen molar-refractivity contribution in [2.75, 3.05) is 36.1 Å². The number of halogens is 2. The molecule has 0 radical (unpaired) electrons. The number of rotatable bonds is 4. The van der Waals surface area contributed by atoms with Crippen LogP contribution in [0.25, 0.3) is 28.0 Å². The number of nitrogens with one attached hydrogen (secondary N) is 1. The number of hydrogen-bond acceptors (Lipinski definition) is 6. The minimum atomic E-state index is -0.748. The van der Waals surface area contributed by atoms with Gasteiger partial charge in [-0.05, 0) is 38.0 Å². The number of nitrogens with zero attached hydrogens (tertiary/aromatic N) is 6. The van der Waals surface area contributed by atoms with Crippen molar-refractivity contribution in [2.45, 2.75) is 32.7 Å². The van der Waals surface area contributed by atoms with Crippen molar-refractivity contribution in [3.8, 4) is 16.9 Å². The summed E-state index contributed by atoms with van der Waals surface area (Å²) in [7, 11) is 0. The number of morpholine rings is 1. The van der Waals surface area contributed by atoms with Crippen molar-refractivity contribution in [3.63, 3.8) is 0 Å². The molecule has 2 aliphatic heterocycles. The molecule has 0 saturated carbocycles. The molecule has 9 nitrogen and oxygen atoms in total. The lowest BCUT2D eigenvalue weighted by atomic mass is 9.97. The van der Waals surface area contributed by atoms with Gasteiger partial charge in [0.2, 0.25) is 5.91 Å². The van der Waals surface area contributed by atoms with Gasteiger partial charge in [0.05, 0.1) is 31.0 Å². The molecule has 1 unspecified atom stereocenters. The zero-order valence-electron chi connectivity index (χ0n) is 20.6. The van der Waals surface area contributed by atoms with E-state index >= 15 is 8.78 Å². The number of aromatic nitrogens is 5. The van der Waals surface area contributed by atoms with E-state index in [1.807, 2.05) is 13.8 Å². The summed E-state index contributed by atoms with van der Waals surface area (Å²) in [5.74, 6) is -0.713. The van der Waals surface area contributed by atoms with Gasteiger partial charge in [0, 0.05) is 47.9 Å². The Morgan fingerprint density at radius 1 is 1.11 bits per heavy atom. The van der Waals surface area contributed by atoms with Crippen molar-refractivity contribution >= 4 is 28.4 Å². The molecule has 11 heteroatoms. The molecule has 37 heavy (non-hydrogen) atoms. The smallest absolute Gasteiger partial charge is 0.229 e. The van der Waals surface area contributed by atoms with Gasteiger partial charge in [0.15, 0.2) is 11.5 Å². The van der Waals surface area contributed by atoms with Gasteiger partial charge in [0.25, 0.3) is 0 Å². The fourth-order valence-electron chi connectivity index (χ4n) is 5.23. The van der Waals surface area contributed by atoms with E-state index in [-0.39, 0.29) is 29.1 Å². The van der Waals surface area contributed by atoms with Crippen LogP contribution in [-0.2, 0) is 9.53 Å². The monoisotopic (exact) mass is 507 g/mol. The molecule has 4 aromatic rings. The first-order valence-electron chi connectivity index (χ1n) is 12.5. The van der Waals surface area contributed by atoms with Crippen molar-refractivity contribution in [2.24, 2.45) is 5.92 Å². The van der Waals surface area contributed by atoms with Gasteiger partial charge in [-0.25, -0.2) is 13.8 Å². The zero-order chi connectivity index (χ0) is 25.7. The van der Waals surface area contributed by atoms with Gasteiger partial charge >= 0.3 is 0 Å². The number of anilines is 2. The SMILES string of the molecule is CC1CCCN(c2cc(F)c(-c3cc(N4CCOC[C@H]4C)nc4c3cnn4-c3cc[nH]n3)c(F)c2)C1=O. The lowest BCUT2D eigenvalue weighted by Gasteiger charge is -2.34. The number of amides is 1. The molecule has 0 bridgehead atoms. The first kappa shape index (κ1) is 23.5. The van der Waals surface area contributed by atoms with E-state index in [0.717, 1.165) is 12.8 Å². The second-order valence-corrected chi connectivity index (χ2v) is 9.69. The van der Waals surface area contributed by atoms with Crippen LogP contribution in [-0.4, -0.2) is 63.2 Å². The number of hydrogen-bond donors (Lipinski definition) is 1. The number of fused-ring (bicyclic) bond motifs is 1. The normalized spacial score (nSPS) is 20.7. The summed E-state index contributed by atoms with van der Waals surface area (Å²) >= 11 is 0. The number of pyridine rings is 1. The van der Waals surface area contributed by atoms with E-state index in [4.69, 9.17) is 9.72 Å². The number of aromatic amines is 1. The molecule has 3 aromatic heterocycles. The van der Waals surface area contributed by atoms with E-state index in [1.54, 1.807) is 29.2 Å². The molecule has 1 N–H and O–H groups in total. The van der Waals surface area contributed by atoms with E-state index in [1.165, 1.54) is 17.0 Å². The molecule has 5 heterocycles. The second kappa shape index (κ2) is 9.22.